The van der Waals surface area contributed by atoms with Crippen LogP contribution in [-0.4, -0.2) is 9.55 Å². The molecule has 0 saturated heterocycles. The van der Waals surface area contributed by atoms with Crippen LogP contribution in [0.1, 0.15) is 16.8 Å². The van der Waals surface area contributed by atoms with Crippen LogP contribution < -0.4 is 5.69 Å². The highest BCUT2D eigenvalue weighted by atomic mass is 35.5. The molecule has 4 nitrogen and oxygen atoms in total. The van der Waals surface area contributed by atoms with Crippen molar-refractivity contribution in [2.24, 2.45) is 0 Å². The molecule has 1 aromatic heterocycles. The Hall–Kier alpha value is -2.87. The topological polar surface area (TPSA) is 44.1 Å². The zero-order valence-electron chi connectivity index (χ0n) is 13.4. The molecule has 3 aromatic rings. The van der Waals surface area contributed by atoms with Crippen LogP contribution in [0.2, 0.25) is 5.02 Å². The van der Waals surface area contributed by atoms with Crippen molar-refractivity contribution < 1.29 is 4.74 Å². The lowest BCUT2D eigenvalue weighted by atomic mass is 10.2. The molecule has 5 heteroatoms. The smallest absolute Gasteiger partial charge is 0.350 e. The van der Waals surface area contributed by atoms with Gasteiger partial charge in [0.1, 0.15) is 12.4 Å². The molecule has 0 aliphatic rings. The van der Waals surface area contributed by atoms with E-state index in [0.717, 1.165) is 11.1 Å². The highest BCUT2D eigenvalue weighted by Gasteiger charge is 2.05. The van der Waals surface area contributed by atoms with Crippen LogP contribution in [-0.2, 0) is 18.1 Å². The molecule has 0 radical (unpaired) electrons. The third kappa shape index (κ3) is 4.80. The van der Waals surface area contributed by atoms with Gasteiger partial charge in [-0.2, -0.15) is 4.98 Å². The summed E-state index contributed by atoms with van der Waals surface area (Å²) in [6.45, 7) is 0.479. The van der Waals surface area contributed by atoms with Crippen molar-refractivity contribution in [2.45, 2.75) is 13.3 Å². The zero-order chi connectivity index (χ0) is 17.5. The van der Waals surface area contributed by atoms with Gasteiger partial charge in [-0.25, -0.2) is 4.79 Å². The quantitative estimate of drug-likeness (QED) is 0.677. The van der Waals surface area contributed by atoms with E-state index in [0.29, 0.717) is 11.6 Å². The number of hydrogen-bond donors (Lipinski definition) is 0. The van der Waals surface area contributed by atoms with Gasteiger partial charge < -0.3 is 4.74 Å². The van der Waals surface area contributed by atoms with Gasteiger partial charge in [-0.15, -0.1) is 0 Å². The third-order valence-corrected chi connectivity index (χ3v) is 3.67. The van der Waals surface area contributed by atoms with Gasteiger partial charge in [-0.1, -0.05) is 66.1 Å². The Bertz CT molecular complexity index is 958. The van der Waals surface area contributed by atoms with Gasteiger partial charge in [0.05, 0.1) is 11.6 Å². The SMILES string of the molecule is O=c1nc(C#Cc2ccccc2)c(Cl)cn1COCc1ccccc1. The van der Waals surface area contributed by atoms with Crippen LogP contribution in [0.15, 0.2) is 71.7 Å². The number of aromatic nitrogens is 2. The summed E-state index contributed by atoms with van der Waals surface area (Å²) in [6.07, 6.45) is 1.50. The Morgan fingerprint density at radius 2 is 1.68 bits per heavy atom. The van der Waals surface area contributed by atoms with Gasteiger partial charge in [0, 0.05) is 11.8 Å². The fourth-order valence-electron chi connectivity index (χ4n) is 2.14. The molecular formula is C20H15ClN2O2. The number of benzene rings is 2. The molecule has 0 aliphatic heterocycles. The van der Waals surface area contributed by atoms with Crippen LogP contribution in [0, 0.1) is 11.8 Å². The summed E-state index contributed by atoms with van der Waals surface area (Å²) in [5.74, 6) is 5.77. The predicted molar refractivity (Wildman–Crippen MR) is 97.2 cm³/mol. The van der Waals surface area contributed by atoms with Crippen molar-refractivity contribution in [3.63, 3.8) is 0 Å². The molecule has 3 rings (SSSR count). The van der Waals surface area contributed by atoms with Gasteiger partial charge in [0.2, 0.25) is 0 Å². The Balaban J connectivity index is 1.70. The summed E-state index contributed by atoms with van der Waals surface area (Å²) in [5.41, 5.74) is 1.67. The van der Waals surface area contributed by atoms with E-state index in [1.165, 1.54) is 10.8 Å². The van der Waals surface area contributed by atoms with Crippen molar-refractivity contribution >= 4 is 11.6 Å². The molecule has 0 bridgehead atoms. The predicted octanol–water partition coefficient (Wildman–Crippen LogP) is 3.47. The molecule has 0 fully saturated rings. The summed E-state index contributed by atoms with van der Waals surface area (Å²) in [4.78, 5) is 16.0. The molecule has 0 spiro atoms. The van der Waals surface area contributed by atoms with Crippen LogP contribution in [0.3, 0.4) is 0 Å². The second-order valence-electron chi connectivity index (χ2n) is 5.27. The molecule has 0 saturated carbocycles. The summed E-state index contributed by atoms with van der Waals surface area (Å²) in [5, 5.41) is 0.311. The van der Waals surface area contributed by atoms with Crippen molar-refractivity contribution in [2.75, 3.05) is 0 Å². The van der Waals surface area contributed by atoms with E-state index in [4.69, 9.17) is 16.3 Å². The first kappa shape index (κ1) is 17.0. The van der Waals surface area contributed by atoms with Crippen LogP contribution >= 0.6 is 11.6 Å². The molecule has 25 heavy (non-hydrogen) atoms. The zero-order valence-corrected chi connectivity index (χ0v) is 14.1. The maximum absolute atomic E-state index is 12.1. The number of halogens is 1. The maximum Gasteiger partial charge on any atom is 0.350 e. The van der Waals surface area contributed by atoms with Crippen molar-refractivity contribution in [3.05, 3.63) is 99.2 Å². The molecular weight excluding hydrogens is 336 g/mol. The maximum atomic E-state index is 12.1. The molecule has 124 valence electrons. The average molecular weight is 351 g/mol. The molecule has 2 aromatic carbocycles. The second kappa shape index (κ2) is 8.29. The largest absolute Gasteiger partial charge is 0.356 e. The lowest BCUT2D eigenvalue weighted by Gasteiger charge is -2.07. The number of ether oxygens (including phenoxy) is 1. The number of rotatable bonds is 4. The Morgan fingerprint density at radius 3 is 2.40 bits per heavy atom. The summed E-state index contributed by atoms with van der Waals surface area (Å²) in [7, 11) is 0. The highest BCUT2D eigenvalue weighted by molar-refractivity contribution is 6.31. The van der Waals surface area contributed by atoms with E-state index in [-0.39, 0.29) is 12.4 Å². The number of nitrogens with zero attached hydrogens (tertiary/aromatic N) is 2. The standard InChI is InChI=1S/C20H15ClN2O2/c21-18-13-23(15-25-14-17-9-5-2-6-10-17)20(24)22-19(18)12-11-16-7-3-1-4-8-16/h1-10,13H,14-15H2. The van der Waals surface area contributed by atoms with Crippen molar-refractivity contribution in [3.8, 4) is 11.8 Å². The lowest BCUT2D eigenvalue weighted by molar-refractivity contribution is 0.0608. The van der Waals surface area contributed by atoms with E-state index in [9.17, 15) is 4.79 Å². The number of hydrogen-bond acceptors (Lipinski definition) is 3. The van der Waals surface area contributed by atoms with Gasteiger partial charge in [-0.3, -0.25) is 4.57 Å². The lowest BCUT2D eigenvalue weighted by Crippen LogP contribution is -2.24. The summed E-state index contributed by atoms with van der Waals surface area (Å²) < 4.78 is 6.86. The first-order valence-electron chi connectivity index (χ1n) is 7.68. The first-order valence-corrected chi connectivity index (χ1v) is 8.06. The Kier molecular flexibility index (Phi) is 5.63. The van der Waals surface area contributed by atoms with Crippen LogP contribution in [0.4, 0.5) is 0 Å². The second-order valence-corrected chi connectivity index (χ2v) is 5.68. The first-order chi connectivity index (χ1) is 12.2. The van der Waals surface area contributed by atoms with E-state index in [1.807, 2.05) is 60.7 Å². The molecule has 0 atom stereocenters. The normalized spacial score (nSPS) is 10.1. The molecule has 0 N–H and O–H groups in total. The minimum absolute atomic E-state index is 0.0762. The minimum atomic E-state index is -0.449. The minimum Gasteiger partial charge on any atom is -0.356 e. The molecule has 0 aliphatic carbocycles. The van der Waals surface area contributed by atoms with E-state index < -0.39 is 5.69 Å². The molecule has 1 heterocycles. The summed E-state index contributed by atoms with van der Waals surface area (Å²) in [6, 6.07) is 19.2. The fourth-order valence-corrected chi connectivity index (χ4v) is 2.34. The van der Waals surface area contributed by atoms with E-state index in [2.05, 4.69) is 16.8 Å². The highest BCUT2D eigenvalue weighted by Crippen LogP contribution is 2.10. The third-order valence-electron chi connectivity index (χ3n) is 3.39. The monoisotopic (exact) mass is 350 g/mol. The van der Waals surface area contributed by atoms with Gasteiger partial charge >= 0.3 is 5.69 Å². The summed E-state index contributed by atoms with van der Waals surface area (Å²) >= 11 is 6.18. The van der Waals surface area contributed by atoms with E-state index in [1.54, 1.807) is 0 Å². The average Bonchev–Trinajstić information content (AvgIpc) is 2.65. The van der Waals surface area contributed by atoms with Crippen LogP contribution in [0.5, 0.6) is 0 Å². The van der Waals surface area contributed by atoms with Gasteiger partial charge in [0.15, 0.2) is 0 Å². The van der Waals surface area contributed by atoms with Crippen molar-refractivity contribution in [1.29, 1.82) is 0 Å². The Labute approximate surface area is 150 Å². The molecule has 0 unspecified atom stereocenters. The van der Waals surface area contributed by atoms with Gasteiger partial charge in [0.25, 0.3) is 0 Å². The van der Waals surface area contributed by atoms with Crippen molar-refractivity contribution in [1.82, 2.24) is 9.55 Å². The van der Waals surface area contributed by atoms with E-state index >= 15 is 0 Å². The molecule has 0 amide bonds. The Morgan fingerprint density at radius 1 is 1.00 bits per heavy atom. The van der Waals surface area contributed by atoms with Gasteiger partial charge in [-0.05, 0) is 23.6 Å². The van der Waals surface area contributed by atoms with Crippen LogP contribution in [0.25, 0.3) is 0 Å². The fraction of sp³-hybridized carbons (Fsp3) is 0.100.